The predicted octanol–water partition coefficient (Wildman–Crippen LogP) is 1.81. The van der Waals surface area contributed by atoms with Crippen LogP contribution >= 0.6 is 0 Å². The Morgan fingerprint density at radius 2 is 2.07 bits per heavy atom. The van der Waals surface area contributed by atoms with Crippen molar-refractivity contribution in [3.05, 3.63) is 0 Å². The van der Waals surface area contributed by atoms with Crippen LogP contribution in [0.15, 0.2) is 0 Å². The van der Waals surface area contributed by atoms with Crippen molar-refractivity contribution < 1.29 is 4.79 Å². The van der Waals surface area contributed by atoms with E-state index < -0.39 is 0 Å². The summed E-state index contributed by atoms with van der Waals surface area (Å²) in [5.74, 6) is 0.209. The maximum absolute atomic E-state index is 11.9. The van der Waals surface area contributed by atoms with Crippen molar-refractivity contribution >= 4 is 5.91 Å². The Bertz CT molecular complexity index is 206. The van der Waals surface area contributed by atoms with E-state index in [0.717, 1.165) is 25.7 Å². The smallest absolute Gasteiger partial charge is 0.224 e. The summed E-state index contributed by atoms with van der Waals surface area (Å²) in [6, 6.07) is 0.338. The zero-order valence-corrected chi connectivity index (χ0v) is 9.96. The fraction of sp³-hybridized carbons (Fsp3) is 0.917. The van der Waals surface area contributed by atoms with Crippen LogP contribution in [0.25, 0.3) is 0 Å². The van der Waals surface area contributed by atoms with Gasteiger partial charge in [-0.2, -0.15) is 0 Å². The normalized spacial score (nSPS) is 29.3. The maximum atomic E-state index is 11.9. The zero-order chi connectivity index (χ0) is 11.3. The van der Waals surface area contributed by atoms with E-state index in [1.54, 1.807) is 0 Å². The molecule has 0 radical (unpaired) electrons. The molecule has 0 saturated heterocycles. The molecule has 3 nitrogen and oxygen atoms in total. The van der Waals surface area contributed by atoms with Crippen molar-refractivity contribution in [2.24, 2.45) is 11.7 Å². The lowest BCUT2D eigenvalue weighted by Gasteiger charge is -2.22. The van der Waals surface area contributed by atoms with E-state index in [1.807, 2.05) is 6.92 Å². The summed E-state index contributed by atoms with van der Waals surface area (Å²) in [4.78, 5) is 11.9. The third kappa shape index (κ3) is 3.82. The molecule has 1 aliphatic carbocycles. The molecule has 3 heteroatoms. The lowest BCUT2D eigenvalue weighted by Crippen LogP contribution is -2.44. The minimum absolute atomic E-state index is 0.0431. The van der Waals surface area contributed by atoms with Gasteiger partial charge in [0.1, 0.15) is 0 Å². The van der Waals surface area contributed by atoms with E-state index in [1.165, 1.54) is 12.8 Å². The zero-order valence-electron chi connectivity index (χ0n) is 9.96. The largest absolute Gasteiger partial charge is 0.353 e. The van der Waals surface area contributed by atoms with Gasteiger partial charge in [0.05, 0.1) is 5.92 Å². The van der Waals surface area contributed by atoms with Crippen LogP contribution in [-0.2, 0) is 4.79 Å². The van der Waals surface area contributed by atoms with Crippen molar-refractivity contribution in [1.82, 2.24) is 5.32 Å². The first-order valence-electron chi connectivity index (χ1n) is 6.21. The van der Waals surface area contributed by atoms with E-state index in [-0.39, 0.29) is 23.9 Å². The molecule has 0 aliphatic heterocycles. The van der Waals surface area contributed by atoms with E-state index in [0.29, 0.717) is 0 Å². The second kappa shape index (κ2) is 6.11. The minimum atomic E-state index is 0.0431. The lowest BCUT2D eigenvalue weighted by atomic mass is 9.94. The quantitative estimate of drug-likeness (QED) is 0.701. The second-order valence-corrected chi connectivity index (χ2v) is 4.73. The van der Waals surface area contributed by atoms with E-state index in [9.17, 15) is 4.79 Å². The van der Waals surface area contributed by atoms with Crippen LogP contribution in [0, 0.1) is 5.92 Å². The molecule has 0 aromatic heterocycles. The van der Waals surface area contributed by atoms with Gasteiger partial charge in [0, 0.05) is 12.1 Å². The monoisotopic (exact) mass is 212 g/mol. The number of nitrogens with one attached hydrogen (secondary N) is 1. The second-order valence-electron chi connectivity index (χ2n) is 4.73. The summed E-state index contributed by atoms with van der Waals surface area (Å²) in [6.45, 7) is 4.12. The molecule has 1 saturated carbocycles. The van der Waals surface area contributed by atoms with Crippen molar-refractivity contribution in [3.8, 4) is 0 Å². The highest BCUT2D eigenvalue weighted by molar-refractivity contribution is 5.79. The molecule has 0 aromatic rings. The maximum Gasteiger partial charge on any atom is 0.224 e. The van der Waals surface area contributed by atoms with Gasteiger partial charge in [0.2, 0.25) is 5.91 Å². The average Bonchev–Trinajstić information content (AvgIpc) is 2.42. The van der Waals surface area contributed by atoms with Gasteiger partial charge in [0.15, 0.2) is 0 Å². The van der Waals surface area contributed by atoms with Gasteiger partial charge in [0.25, 0.3) is 0 Å². The molecule has 1 rings (SSSR count). The molecule has 3 unspecified atom stereocenters. The Labute approximate surface area is 92.8 Å². The highest BCUT2D eigenvalue weighted by atomic mass is 16.2. The Balaban J connectivity index is 2.48. The topological polar surface area (TPSA) is 55.1 Å². The van der Waals surface area contributed by atoms with Gasteiger partial charge in [-0.1, -0.05) is 26.2 Å². The molecule has 3 N–H and O–H groups in total. The SMILES string of the molecule is CCC(C)NC(=O)C1CCCCCC1N. The summed E-state index contributed by atoms with van der Waals surface area (Å²) >= 11 is 0. The molecular weight excluding hydrogens is 188 g/mol. The van der Waals surface area contributed by atoms with Gasteiger partial charge >= 0.3 is 0 Å². The van der Waals surface area contributed by atoms with Crippen LogP contribution in [0.1, 0.15) is 52.4 Å². The number of rotatable bonds is 3. The predicted molar refractivity (Wildman–Crippen MR) is 62.4 cm³/mol. The first-order valence-corrected chi connectivity index (χ1v) is 6.21. The molecule has 0 spiro atoms. The first-order chi connectivity index (χ1) is 7.15. The molecule has 15 heavy (non-hydrogen) atoms. The van der Waals surface area contributed by atoms with E-state index in [2.05, 4.69) is 12.2 Å². The molecule has 0 bridgehead atoms. The fourth-order valence-corrected chi connectivity index (χ4v) is 2.11. The third-order valence-corrected chi connectivity index (χ3v) is 3.41. The fourth-order valence-electron chi connectivity index (χ4n) is 2.11. The van der Waals surface area contributed by atoms with Crippen LogP contribution in [0.5, 0.6) is 0 Å². The standard InChI is InChI=1S/C12H24N2O/c1-3-9(2)14-12(15)10-7-5-4-6-8-11(10)13/h9-11H,3-8,13H2,1-2H3,(H,14,15). The number of hydrogen-bond acceptors (Lipinski definition) is 2. The molecule has 1 amide bonds. The average molecular weight is 212 g/mol. The number of hydrogen-bond donors (Lipinski definition) is 2. The summed E-state index contributed by atoms with van der Waals surface area (Å²) in [5.41, 5.74) is 6.04. The summed E-state index contributed by atoms with van der Waals surface area (Å²) in [6.07, 6.45) is 6.48. The summed E-state index contributed by atoms with van der Waals surface area (Å²) < 4.78 is 0. The first kappa shape index (κ1) is 12.5. The van der Waals surface area contributed by atoms with E-state index in [4.69, 9.17) is 5.73 Å². The molecule has 1 aliphatic rings. The van der Waals surface area contributed by atoms with Gasteiger partial charge in [-0.15, -0.1) is 0 Å². The van der Waals surface area contributed by atoms with Crippen molar-refractivity contribution in [1.29, 1.82) is 0 Å². The molecular formula is C12H24N2O. The van der Waals surface area contributed by atoms with Crippen molar-refractivity contribution in [2.75, 3.05) is 0 Å². The van der Waals surface area contributed by atoms with Gasteiger partial charge in [-0.3, -0.25) is 4.79 Å². The minimum Gasteiger partial charge on any atom is -0.353 e. The van der Waals surface area contributed by atoms with E-state index >= 15 is 0 Å². The number of carbonyl (C=O) groups is 1. The third-order valence-electron chi connectivity index (χ3n) is 3.41. The van der Waals surface area contributed by atoms with Crippen molar-refractivity contribution in [2.45, 2.75) is 64.5 Å². The number of amides is 1. The summed E-state index contributed by atoms with van der Waals surface area (Å²) in [5, 5.41) is 3.04. The Kier molecular flexibility index (Phi) is 5.09. The van der Waals surface area contributed by atoms with Gasteiger partial charge < -0.3 is 11.1 Å². The van der Waals surface area contributed by atoms with Crippen LogP contribution in [-0.4, -0.2) is 18.0 Å². The van der Waals surface area contributed by atoms with Crippen molar-refractivity contribution in [3.63, 3.8) is 0 Å². The molecule has 3 atom stereocenters. The Morgan fingerprint density at radius 3 is 2.73 bits per heavy atom. The highest BCUT2D eigenvalue weighted by Crippen LogP contribution is 2.22. The Hall–Kier alpha value is -0.570. The Morgan fingerprint density at radius 1 is 1.40 bits per heavy atom. The summed E-state index contributed by atoms with van der Waals surface area (Å²) in [7, 11) is 0. The molecule has 88 valence electrons. The van der Waals surface area contributed by atoms with Crippen LogP contribution < -0.4 is 11.1 Å². The van der Waals surface area contributed by atoms with Gasteiger partial charge in [-0.25, -0.2) is 0 Å². The molecule has 0 aromatic carbocycles. The lowest BCUT2D eigenvalue weighted by molar-refractivity contribution is -0.126. The number of nitrogens with two attached hydrogens (primary N) is 1. The highest BCUT2D eigenvalue weighted by Gasteiger charge is 2.27. The molecule has 1 fully saturated rings. The van der Waals surface area contributed by atoms with Crippen LogP contribution in [0.2, 0.25) is 0 Å². The van der Waals surface area contributed by atoms with Crippen LogP contribution in [0.3, 0.4) is 0 Å². The van der Waals surface area contributed by atoms with Gasteiger partial charge in [-0.05, 0) is 26.2 Å². The number of carbonyl (C=O) groups excluding carboxylic acids is 1. The van der Waals surface area contributed by atoms with Crippen LogP contribution in [0.4, 0.5) is 0 Å². The molecule has 0 heterocycles.